The Morgan fingerprint density at radius 3 is 2.62 bits per heavy atom. The highest BCUT2D eigenvalue weighted by atomic mass is 16.5. The molecule has 1 aromatic carbocycles. The van der Waals surface area contributed by atoms with Gasteiger partial charge in [-0.2, -0.15) is 0 Å². The first-order valence-corrected chi connectivity index (χ1v) is 8.57. The number of methoxy groups -OCH3 is 2. The molecule has 1 fully saturated rings. The Labute approximate surface area is 144 Å². The maximum Gasteiger partial charge on any atom is 0.308 e. The average molecular weight is 335 g/mol. The molecule has 1 aliphatic heterocycles. The van der Waals surface area contributed by atoms with Gasteiger partial charge >= 0.3 is 5.97 Å². The lowest BCUT2D eigenvalue weighted by atomic mass is 9.85. The van der Waals surface area contributed by atoms with Gasteiger partial charge in [0.1, 0.15) is 5.75 Å². The largest absolute Gasteiger partial charge is 0.497 e. The van der Waals surface area contributed by atoms with E-state index in [1.807, 2.05) is 19.1 Å². The fourth-order valence-corrected chi connectivity index (χ4v) is 3.34. The molecule has 0 N–H and O–H groups in total. The van der Waals surface area contributed by atoms with Crippen LogP contribution in [0.2, 0.25) is 0 Å². The number of piperidine rings is 1. The van der Waals surface area contributed by atoms with E-state index in [9.17, 15) is 4.79 Å². The van der Waals surface area contributed by atoms with Gasteiger partial charge in [-0.25, -0.2) is 0 Å². The van der Waals surface area contributed by atoms with Crippen molar-refractivity contribution in [3.63, 3.8) is 0 Å². The van der Waals surface area contributed by atoms with Crippen molar-refractivity contribution in [2.24, 2.45) is 5.92 Å². The van der Waals surface area contributed by atoms with Crippen LogP contribution >= 0.6 is 0 Å². The first-order valence-electron chi connectivity index (χ1n) is 8.57. The van der Waals surface area contributed by atoms with Crippen LogP contribution in [-0.2, 0) is 14.3 Å². The fraction of sp³-hybridized carbons (Fsp3) is 0.632. The molecule has 3 atom stereocenters. The summed E-state index contributed by atoms with van der Waals surface area (Å²) in [4.78, 5) is 14.3. The molecule has 5 heteroatoms. The molecule has 1 saturated heterocycles. The van der Waals surface area contributed by atoms with Gasteiger partial charge in [0.25, 0.3) is 0 Å². The molecule has 2 rings (SSSR count). The molecule has 1 aromatic rings. The first kappa shape index (κ1) is 18.7. The number of hydrogen-bond donors (Lipinski definition) is 0. The number of esters is 1. The zero-order valence-electron chi connectivity index (χ0n) is 15.2. The van der Waals surface area contributed by atoms with Crippen LogP contribution in [0.15, 0.2) is 24.3 Å². The molecule has 5 nitrogen and oxygen atoms in total. The first-order chi connectivity index (χ1) is 11.5. The van der Waals surface area contributed by atoms with Crippen molar-refractivity contribution in [3.05, 3.63) is 29.8 Å². The minimum atomic E-state index is -0.189. The average Bonchev–Trinajstić information content (AvgIpc) is 2.60. The molecular formula is C19H29NO4. The molecule has 0 bridgehead atoms. The summed E-state index contributed by atoms with van der Waals surface area (Å²) < 4.78 is 15.9. The van der Waals surface area contributed by atoms with Crippen LogP contribution in [0.1, 0.15) is 37.8 Å². The topological polar surface area (TPSA) is 48.0 Å². The number of ether oxygens (including phenoxy) is 3. The Morgan fingerprint density at radius 2 is 2.00 bits per heavy atom. The van der Waals surface area contributed by atoms with Crippen LogP contribution in [0.25, 0.3) is 0 Å². The van der Waals surface area contributed by atoms with Crippen molar-refractivity contribution >= 4 is 5.97 Å². The number of rotatable bonds is 7. The van der Waals surface area contributed by atoms with Crippen molar-refractivity contribution in [2.45, 2.75) is 38.3 Å². The van der Waals surface area contributed by atoms with E-state index >= 15 is 0 Å². The number of benzene rings is 1. The van der Waals surface area contributed by atoms with Crippen LogP contribution in [0.3, 0.4) is 0 Å². The maximum atomic E-state index is 11.9. The van der Waals surface area contributed by atoms with Crippen LogP contribution in [-0.4, -0.2) is 51.4 Å². The molecule has 1 heterocycles. The minimum Gasteiger partial charge on any atom is -0.497 e. The lowest BCUT2D eigenvalue weighted by Gasteiger charge is -2.39. The summed E-state index contributed by atoms with van der Waals surface area (Å²) in [6.07, 6.45) is 2.38. The molecule has 3 unspecified atom stereocenters. The van der Waals surface area contributed by atoms with Crippen LogP contribution in [0, 0.1) is 5.92 Å². The van der Waals surface area contributed by atoms with E-state index in [2.05, 4.69) is 24.1 Å². The van der Waals surface area contributed by atoms with Gasteiger partial charge < -0.3 is 14.2 Å². The van der Waals surface area contributed by atoms with Gasteiger partial charge in [0.15, 0.2) is 0 Å². The number of likely N-dealkylation sites (tertiary alicyclic amines) is 1. The van der Waals surface area contributed by atoms with E-state index in [0.29, 0.717) is 18.9 Å². The van der Waals surface area contributed by atoms with E-state index in [1.54, 1.807) is 14.2 Å². The van der Waals surface area contributed by atoms with Gasteiger partial charge in [-0.15, -0.1) is 0 Å². The summed E-state index contributed by atoms with van der Waals surface area (Å²) in [6.45, 7) is 3.38. The lowest BCUT2D eigenvalue weighted by molar-refractivity contribution is -0.148. The van der Waals surface area contributed by atoms with Crippen LogP contribution in [0.5, 0.6) is 5.75 Å². The molecule has 0 spiro atoms. The molecular weight excluding hydrogens is 306 g/mol. The van der Waals surface area contributed by atoms with E-state index in [-0.39, 0.29) is 18.1 Å². The summed E-state index contributed by atoms with van der Waals surface area (Å²) in [5.41, 5.74) is 1.24. The lowest BCUT2D eigenvalue weighted by Crippen LogP contribution is -2.38. The van der Waals surface area contributed by atoms with Gasteiger partial charge in [-0.3, -0.25) is 9.69 Å². The van der Waals surface area contributed by atoms with Gasteiger partial charge in [0.2, 0.25) is 0 Å². The van der Waals surface area contributed by atoms with E-state index in [4.69, 9.17) is 14.2 Å². The van der Waals surface area contributed by atoms with Gasteiger partial charge in [0, 0.05) is 19.1 Å². The van der Waals surface area contributed by atoms with Crippen molar-refractivity contribution in [1.29, 1.82) is 0 Å². The molecule has 24 heavy (non-hydrogen) atoms. The summed E-state index contributed by atoms with van der Waals surface area (Å²) in [5.74, 6) is 0.971. The highest BCUT2D eigenvalue weighted by Crippen LogP contribution is 2.35. The zero-order valence-corrected chi connectivity index (χ0v) is 15.2. The predicted octanol–water partition coefficient (Wildman–Crippen LogP) is 3.05. The Bertz CT molecular complexity index is 517. The SMILES string of the molecule is COc1ccc(C2C(COC(=O)CC(C)OC)CCCN2C)cc1. The third kappa shape index (κ3) is 4.95. The zero-order chi connectivity index (χ0) is 17.5. The number of hydrogen-bond acceptors (Lipinski definition) is 5. The summed E-state index contributed by atoms with van der Waals surface area (Å²) >= 11 is 0. The molecule has 134 valence electrons. The molecule has 0 aromatic heterocycles. The maximum absolute atomic E-state index is 11.9. The van der Waals surface area contributed by atoms with Gasteiger partial charge in [0.05, 0.1) is 26.2 Å². The minimum absolute atomic E-state index is 0.107. The van der Waals surface area contributed by atoms with Crippen molar-refractivity contribution in [3.8, 4) is 5.75 Å². The number of carbonyl (C=O) groups excluding carboxylic acids is 1. The third-order valence-corrected chi connectivity index (χ3v) is 4.78. The molecule has 0 aliphatic carbocycles. The standard InChI is InChI=1S/C19H29NO4/c1-14(22-3)12-18(21)24-13-16-6-5-11-20(2)19(16)15-7-9-17(23-4)10-8-15/h7-10,14,16,19H,5-6,11-13H2,1-4H3. The highest BCUT2D eigenvalue weighted by Gasteiger charge is 2.31. The Hall–Kier alpha value is -1.59. The van der Waals surface area contributed by atoms with Gasteiger partial charge in [-0.05, 0) is 51.1 Å². The summed E-state index contributed by atoms with van der Waals surface area (Å²) in [6, 6.07) is 8.44. The van der Waals surface area contributed by atoms with E-state index in [0.717, 1.165) is 25.1 Å². The highest BCUT2D eigenvalue weighted by molar-refractivity contribution is 5.69. The van der Waals surface area contributed by atoms with Crippen LogP contribution < -0.4 is 4.74 Å². The predicted molar refractivity (Wildman–Crippen MR) is 93.1 cm³/mol. The normalized spacial score (nSPS) is 22.8. The molecule has 0 radical (unpaired) electrons. The third-order valence-electron chi connectivity index (χ3n) is 4.78. The second-order valence-electron chi connectivity index (χ2n) is 6.53. The van der Waals surface area contributed by atoms with Crippen molar-refractivity contribution in [2.75, 3.05) is 34.4 Å². The Kier molecular flexibility index (Phi) is 7.06. The van der Waals surface area contributed by atoms with Crippen LogP contribution in [0.4, 0.5) is 0 Å². The van der Waals surface area contributed by atoms with Crippen molar-refractivity contribution in [1.82, 2.24) is 4.90 Å². The van der Waals surface area contributed by atoms with Gasteiger partial charge in [-0.1, -0.05) is 12.1 Å². The van der Waals surface area contributed by atoms with Crippen molar-refractivity contribution < 1.29 is 19.0 Å². The fourth-order valence-electron chi connectivity index (χ4n) is 3.34. The molecule has 0 amide bonds. The number of carbonyl (C=O) groups is 1. The molecule has 1 aliphatic rings. The molecule has 0 saturated carbocycles. The summed E-state index contributed by atoms with van der Waals surface area (Å²) in [7, 11) is 5.41. The second kappa shape index (κ2) is 9.04. The number of nitrogens with zero attached hydrogens (tertiary/aromatic N) is 1. The Morgan fingerprint density at radius 1 is 1.29 bits per heavy atom. The second-order valence-corrected chi connectivity index (χ2v) is 6.53. The summed E-state index contributed by atoms with van der Waals surface area (Å²) in [5, 5.41) is 0. The Balaban J connectivity index is 2.01. The van der Waals surface area contributed by atoms with E-state index < -0.39 is 0 Å². The smallest absolute Gasteiger partial charge is 0.308 e. The van der Waals surface area contributed by atoms with E-state index in [1.165, 1.54) is 5.56 Å². The monoisotopic (exact) mass is 335 g/mol. The quantitative estimate of drug-likeness (QED) is 0.717.